The Bertz CT molecular complexity index is 1090. The molecule has 1 fully saturated rings. The van der Waals surface area contributed by atoms with E-state index in [0.717, 1.165) is 4.90 Å². The molecule has 3 heterocycles. The van der Waals surface area contributed by atoms with Crippen LogP contribution in [0, 0.1) is 0 Å². The van der Waals surface area contributed by atoms with Crippen molar-refractivity contribution in [3.8, 4) is 0 Å². The molecular formula is C20H21N5O5S. The van der Waals surface area contributed by atoms with Crippen LogP contribution in [0.3, 0.4) is 0 Å². The van der Waals surface area contributed by atoms with Crippen molar-refractivity contribution in [2.75, 3.05) is 11.5 Å². The van der Waals surface area contributed by atoms with E-state index in [1.807, 2.05) is 30.3 Å². The molecule has 3 aromatic rings. The van der Waals surface area contributed by atoms with Gasteiger partial charge in [0.2, 0.25) is 0 Å². The third-order valence-electron chi connectivity index (χ3n) is 4.71. The number of rotatable bonds is 6. The first-order valence-electron chi connectivity index (χ1n) is 9.55. The number of nitrogens with zero attached hydrogens (tertiary/aromatic N) is 4. The maximum absolute atomic E-state index is 11.9. The number of anilines is 1. The fraction of sp³-hybridized carbons (Fsp3) is 0.350. The van der Waals surface area contributed by atoms with Crippen LogP contribution in [-0.4, -0.2) is 55.5 Å². The van der Waals surface area contributed by atoms with Gasteiger partial charge in [-0.3, -0.25) is 14.2 Å². The maximum atomic E-state index is 11.9. The largest absolute Gasteiger partial charge is 0.456 e. The Kier molecular flexibility index (Phi) is 6.05. The van der Waals surface area contributed by atoms with Crippen molar-refractivity contribution in [2.45, 2.75) is 43.3 Å². The molecule has 1 saturated heterocycles. The summed E-state index contributed by atoms with van der Waals surface area (Å²) >= 11 is 1.55. The molecule has 0 unspecified atom stereocenters. The molecule has 1 aromatic carbocycles. The van der Waals surface area contributed by atoms with Gasteiger partial charge in [0.15, 0.2) is 29.9 Å². The van der Waals surface area contributed by atoms with Gasteiger partial charge in [0.1, 0.15) is 17.9 Å². The number of thioether (sulfide) groups is 1. The van der Waals surface area contributed by atoms with Gasteiger partial charge in [-0.2, -0.15) is 0 Å². The quantitative estimate of drug-likeness (QED) is 0.445. The highest BCUT2D eigenvalue weighted by molar-refractivity contribution is 7.99. The lowest BCUT2D eigenvalue weighted by molar-refractivity contribution is -0.165. The van der Waals surface area contributed by atoms with Crippen molar-refractivity contribution in [3.63, 3.8) is 0 Å². The van der Waals surface area contributed by atoms with Crippen LogP contribution in [0.1, 0.15) is 20.1 Å². The van der Waals surface area contributed by atoms with Crippen molar-refractivity contribution < 1.29 is 23.8 Å². The Labute approximate surface area is 182 Å². The van der Waals surface area contributed by atoms with Crippen molar-refractivity contribution in [1.82, 2.24) is 19.5 Å². The number of carbonyl (C=O) groups is 2. The van der Waals surface area contributed by atoms with E-state index in [9.17, 15) is 9.59 Å². The second-order valence-corrected chi connectivity index (χ2v) is 8.01. The molecule has 0 spiro atoms. The molecule has 31 heavy (non-hydrogen) atoms. The highest BCUT2D eigenvalue weighted by Gasteiger charge is 2.50. The van der Waals surface area contributed by atoms with Gasteiger partial charge in [0.25, 0.3) is 0 Å². The Morgan fingerprint density at radius 1 is 1.10 bits per heavy atom. The number of fused-ring (bicyclic) bond motifs is 1. The van der Waals surface area contributed by atoms with Gasteiger partial charge in [-0.15, -0.1) is 11.8 Å². The molecule has 0 aliphatic carbocycles. The Morgan fingerprint density at radius 2 is 1.81 bits per heavy atom. The van der Waals surface area contributed by atoms with Gasteiger partial charge in [-0.25, -0.2) is 15.0 Å². The lowest BCUT2D eigenvalue weighted by Crippen LogP contribution is -2.39. The Balaban J connectivity index is 1.68. The van der Waals surface area contributed by atoms with Crippen LogP contribution in [0.4, 0.5) is 5.82 Å². The van der Waals surface area contributed by atoms with E-state index in [0.29, 0.717) is 16.9 Å². The number of benzene rings is 1. The summed E-state index contributed by atoms with van der Waals surface area (Å²) in [5, 5.41) is 0. The molecule has 0 radical (unpaired) electrons. The molecule has 2 N–H and O–H groups in total. The van der Waals surface area contributed by atoms with Gasteiger partial charge in [-0.1, -0.05) is 18.2 Å². The van der Waals surface area contributed by atoms with Crippen LogP contribution in [0.2, 0.25) is 0 Å². The molecule has 11 heteroatoms. The fourth-order valence-electron chi connectivity index (χ4n) is 3.47. The Morgan fingerprint density at radius 3 is 2.52 bits per heavy atom. The molecular weight excluding hydrogens is 422 g/mol. The minimum atomic E-state index is -0.892. The van der Waals surface area contributed by atoms with Crippen LogP contribution in [-0.2, 0) is 23.8 Å². The van der Waals surface area contributed by atoms with E-state index in [1.165, 1.54) is 26.5 Å². The van der Waals surface area contributed by atoms with E-state index in [2.05, 4.69) is 15.0 Å². The number of carbonyl (C=O) groups excluding carboxylic acids is 2. The average molecular weight is 443 g/mol. The van der Waals surface area contributed by atoms with E-state index in [-0.39, 0.29) is 5.82 Å². The standard InChI is InChI=1S/C20H21N5O5S/c1-11(26)28-16-14(8-31-13-6-4-3-5-7-13)30-20(17(16)29-12(2)27)25-10-24-15-18(21)22-9-23-19(15)25/h3-7,9-10,14,16-17,20H,8H2,1-2H3,(H2,21,22,23)/t14-,16-,17-,20-/m1/s1. The van der Waals surface area contributed by atoms with Gasteiger partial charge in [0, 0.05) is 24.5 Å². The minimum Gasteiger partial charge on any atom is -0.456 e. The lowest BCUT2D eigenvalue weighted by Gasteiger charge is -2.23. The molecule has 0 amide bonds. The van der Waals surface area contributed by atoms with Gasteiger partial charge in [0.05, 0.1) is 6.33 Å². The van der Waals surface area contributed by atoms with Crippen molar-refractivity contribution in [3.05, 3.63) is 43.0 Å². The first kappa shape index (κ1) is 21.1. The van der Waals surface area contributed by atoms with Crippen molar-refractivity contribution in [2.24, 2.45) is 0 Å². The molecule has 10 nitrogen and oxygen atoms in total. The van der Waals surface area contributed by atoms with Crippen molar-refractivity contribution in [1.29, 1.82) is 0 Å². The zero-order valence-electron chi connectivity index (χ0n) is 16.9. The predicted molar refractivity (Wildman–Crippen MR) is 112 cm³/mol. The number of hydrogen-bond acceptors (Lipinski definition) is 10. The summed E-state index contributed by atoms with van der Waals surface area (Å²) in [5.41, 5.74) is 6.72. The summed E-state index contributed by atoms with van der Waals surface area (Å²) in [7, 11) is 0. The van der Waals surface area contributed by atoms with Crippen LogP contribution >= 0.6 is 11.8 Å². The molecule has 0 saturated carbocycles. The van der Waals surface area contributed by atoms with E-state index >= 15 is 0 Å². The minimum absolute atomic E-state index is 0.221. The number of esters is 2. The zero-order valence-corrected chi connectivity index (χ0v) is 17.7. The van der Waals surface area contributed by atoms with Crippen LogP contribution in [0.25, 0.3) is 11.2 Å². The highest BCUT2D eigenvalue weighted by Crippen LogP contribution is 2.38. The number of ether oxygens (including phenoxy) is 3. The molecule has 1 aliphatic heterocycles. The van der Waals surface area contributed by atoms with Crippen LogP contribution in [0.15, 0.2) is 47.9 Å². The smallest absolute Gasteiger partial charge is 0.303 e. The second-order valence-electron chi connectivity index (χ2n) is 6.92. The van der Waals surface area contributed by atoms with Gasteiger partial charge >= 0.3 is 11.9 Å². The summed E-state index contributed by atoms with van der Waals surface area (Å²) in [6, 6.07) is 9.76. The average Bonchev–Trinajstić information content (AvgIpc) is 3.29. The van der Waals surface area contributed by atoms with Crippen molar-refractivity contribution >= 4 is 40.7 Å². The molecule has 4 rings (SSSR count). The number of imidazole rings is 1. The highest BCUT2D eigenvalue weighted by atomic mass is 32.2. The summed E-state index contributed by atoms with van der Waals surface area (Å²) in [6.45, 7) is 2.60. The first-order chi connectivity index (χ1) is 14.9. The number of aromatic nitrogens is 4. The van der Waals surface area contributed by atoms with E-state index in [4.69, 9.17) is 19.9 Å². The normalized spacial score (nSPS) is 23.0. The fourth-order valence-corrected chi connectivity index (χ4v) is 4.44. The van der Waals surface area contributed by atoms with Crippen LogP contribution in [0.5, 0.6) is 0 Å². The number of nitrogens with two attached hydrogens (primary N) is 1. The molecule has 162 valence electrons. The first-order valence-corrected chi connectivity index (χ1v) is 10.5. The molecule has 1 aliphatic rings. The summed E-state index contributed by atoms with van der Waals surface area (Å²) in [4.78, 5) is 37.2. The molecule has 2 aromatic heterocycles. The van der Waals surface area contributed by atoms with Crippen LogP contribution < -0.4 is 5.73 Å². The predicted octanol–water partition coefficient (Wildman–Crippen LogP) is 1.96. The summed E-state index contributed by atoms with van der Waals surface area (Å²) < 4.78 is 19.0. The Hall–Kier alpha value is -3.18. The second kappa shape index (κ2) is 8.90. The third kappa shape index (κ3) is 4.47. The summed E-state index contributed by atoms with van der Waals surface area (Å²) in [6.07, 6.45) is -0.239. The van der Waals surface area contributed by atoms with Gasteiger partial charge in [-0.05, 0) is 12.1 Å². The topological polar surface area (TPSA) is 131 Å². The molecule has 0 bridgehead atoms. The lowest BCUT2D eigenvalue weighted by atomic mass is 10.1. The monoisotopic (exact) mass is 443 g/mol. The zero-order chi connectivity index (χ0) is 22.0. The van der Waals surface area contributed by atoms with E-state index in [1.54, 1.807) is 16.3 Å². The van der Waals surface area contributed by atoms with E-state index < -0.39 is 36.5 Å². The van der Waals surface area contributed by atoms with Gasteiger partial charge < -0.3 is 19.9 Å². The SMILES string of the molecule is CC(=O)O[C@@H]1[C@H](OC(C)=O)[C@@H](CSc2ccccc2)O[C@H]1n1cnc2c(N)ncnc21. The maximum Gasteiger partial charge on any atom is 0.303 e. The number of hydrogen-bond donors (Lipinski definition) is 1. The molecule has 4 atom stereocenters. The third-order valence-corrected chi connectivity index (χ3v) is 5.81. The summed E-state index contributed by atoms with van der Waals surface area (Å²) in [5.74, 6) is -0.327. The number of nitrogen functional groups attached to an aromatic ring is 1.